The van der Waals surface area contributed by atoms with Gasteiger partial charge in [0, 0.05) is 38.4 Å². The predicted molar refractivity (Wildman–Crippen MR) is 73.2 cm³/mol. The normalized spacial score (nSPS) is 18.6. The van der Waals surface area contributed by atoms with E-state index in [-0.39, 0.29) is 24.2 Å². The van der Waals surface area contributed by atoms with E-state index in [2.05, 4.69) is 0 Å². The highest BCUT2D eigenvalue weighted by atomic mass is 16.5. The van der Waals surface area contributed by atoms with E-state index >= 15 is 0 Å². The van der Waals surface area contributed by atoms with Crippen LogP contribution in [0.5, 0.6) is 0 Å². The monoisotopic (exact) mass is 262 g/mol. The molecule has 1 atom stereocenters. The van der Waals surface area contributed by atoms with Gasteiger partial charge in [0.15, 0.2) is 0 Å². The number of rotatable bonds is 3. The topological polar surface area (TPSA) is 49.9 Å². The number of methoxy groups -OCH3 is 1. The van der Waals surface area contributed by atoms with Gasteiger partial charge in [0.2, 0.25) is 5.91 Å². The van der Waals surface area contributed by atoms with Crippen LogP contribution in [0, 0.1) is 5.92 Å². The van der Waals surface area contributed by atoms with E-state index in [1.165, 1.54) is 7.11 Å². The van der Waals surface area contributed by atoms with E-state index in [4.69, 9.17) is 4.74 Å². The highest BCUT2D eigenvalue weighted by molar-refractivity contribution is 5.99. The third-order valence-corrected chi connectivity index (χ3v) is 3.32. The molecule has 0 aromatic heterocycles. The Hall–Kier alpha value is -2.04. The molecule has 1 aliphatic heterocycles. The first-order valence-corrected chi connectivity index (χ1v) is 6.18. The molecule has 19 heavy (non-hydrogen) atoms. The van der Waals surface area contributed by atoms with Gasteiger partial charge in [-0.15, -0.1) is 0 Å². The quantitative estimate of drug-likeness (QED) is 0.770. The average molecular weight is 262 g/mol. The van der Waals surface area contributed by atoms with Crippen molar-refractivity contribution < 1.29 is 14.3 Å². The third kappa shape index (κ3) is 2.70. The minimum atomic E-state index is -0.361. The summed E-state index contributed by atoms with van der Waals surface area (Å²) >= 11 is 0. The highest BCUT2D eigenvalue weighted by Crippen LogP contribution is 2.28. The standard InChI is InChI=1S/C14H18N2O3/c1-15(2)11-5-4-6-12(8-11)16-9-10(7-13(16)17)14(18)19-3/h4-6,8,10H,7,9H2,1-3H3. The first-order valence-electron chi connectivity index (χ1n) is 6.18. The molecule has 2 rings (SSSR count). The molecular weight excluding hydrogens is 244 g/mol. The predicted octanol–water partition coefficient (Wildman–Crippen LogP) is 1.28. The lowest BCUT2D eigenvalue weighted by Gasteiger charge is -2.19. The van der Waals surface area contributed by atoms with Crippen LogP contribution in [0.3, 0.4) is 0 Å². The Morgan fingerprint density at radius 3 is 2.79 bits per heavy atom. The second kappa shape index (κ2) is 5.30. The van der Waals surface area contributed by atoms with Crippen molar-refractivity contribution in [3.63, 3.8) is 0 Å². The van der Waals surface area contributed by atoms with Gasteiger partial charge in [-0.25, -0.2) is 0 Å². The molecule has 1 saturated heterocycles. The van der Waals surface area contributed by atoms with Crippen molar-refractivity contribution in [1.82, 2.24) is 0 Å². The second-order valence-electron chi connectivity index (χ2n) is 4.84. The van der Waals surface area contributed by atoms with Crippen LogP contribution in [0.4, 0.5) is 11.4 Å². The maximum absolute atomic E-state index is 12.0. The largest absolute Gasteiger partial charge is 0.469 e. The number of ether oxygens (including phenoxy) is 1. The van der Waals surface area contributed by atoms with Gasteiger partial charge < -0.3 is 14.5 Å². The Morgan fingerprint density at radius 2 is 2.16 bits per heavy atom. The Bertz CT molecular complexity index is 499. The molecule has 102 valence electrons. The van der Waals surface area contributed by atoms with Crippen molar-refractivity contribution in [2.45, 2.75) is 6.42 Å². The number of hydrogen-bond donors (Lipinski definition) is 0. The molecule has 1 aliphatic rings. The van der Waals surface area contributed by atoms with Gasteiger partial charge in [0.25, 0.3) is 0 Å². The molecule has 1 aromatic rings. The van der Waals surface area contributed by atoms with Crippen LogP contribution < -0.4 is 9.80 Å². The molecule has 0 N–H and O–H groups in total. The van der Waals surface area contributed by atoms with E-state index in [1.54, 1.807) is 4.90 Å². The number of amides is 1. The van der Waals surface area contributed by atoms with Crippen molar-refractivity contribution in [1.29, 1.82) is 0 Å². The molecule has 0 aliphatic carbocycles. The maximum atomic E-state index is 12.0. The molecule has 1 aromatic carbocycles. The summed E-state index contributed by atoms with van der Waals surface area (Å²) in [4.78, 5) is 27.1. The first kappa shape index (κ1) is 13.4. The molecule has 5 heteroatoms. The zero-order valence-electron chi connectivity index (χ0n) is 11.4. The van der Waals surface area contributed by atoms with Crippen molar-refractivity contribution in [2.24, 2.45) is 5.92 Å². The van der Waals surface area contributed by atoms with Crippen molar-refractivity contribution in [2.75, 3.05) is 37.5 Å². The van der Waals surface area contributed by atoms with E-state index in [0.717, 1.165) is 11.4 Å². The van der Waals surface area contributed by atoms with Crippen LogP contribution in [0.25, 0.3) is 0 Å². The van der Waals surface area contributed by atoms with Crippen LogP contribution in [0.15, 0.2) is 24.3 Å². The average Bonchev–Trinajstić information content (AvgIpc) is 2.80. The summed E-state index contributed by atoms with van der Waals surface area (Å²) in [5.41, 5.74) is 1.84. The summed E-state index contributed by atoms with van der Waals surface area (Å²) in [5.74, 6) is -0.716. The van der Waals surface area contributed by atoms with Gasteiger partial charge in [-0.2, -0.15) is 0 Å². The van der Waals surface area contributed by atoms with Crippen LogP contribution in [0.1, 0.15) is 6.42 Å². The lowest BCUT2D eigenvalue weighted by atomic mass is 10.1. The van der Waals surface area contributed by atoms with Crippen molar-refractivity contribution in [3.05, 3.63) is 24.3 Å². The molecule has 0 bridgehead atoms. The first-order chi connectivity index (χ1) is 9.02. The minimum absolute atomic E-state index is 0.0358. The molecule has 5 nitrogen and oxygen atoms in total. The molecule has 0 spiro atoms. The second-order valence-corrected chi connectivity index (χ2v) is 4.84. The summed E-state index contributed by atoms with van der Waals surface area (Å²) in [6, 6.07) is 7.70. The molecule has 1 heterocycles. The van der Waals surface area contributed by atoms with E-state index in [1.807, 2.05) is 43.3 Å². The number of esters is 1. The van der Waals surface area contributed by atoms with Crippen LogP contribution >= 0.6 is 0 Å². The van der Waals surface area contributed by atoms with Crippen LogP contribution in [-0.2, 0) is 14.3 Å². The molecule has 1 amide bonds. The summed E-state index contributed by atoms with van der Waals surface area (Å²) in [5, 5.41) is 0. The number of benzene rings is 1. The van der Waals surface area contributed by atoms with Gasteiger partial charge in [-0.1, -0.05) is 6.07 Å². The number of anilines is 2. The number of nitrogens with zero attached hydrogens (tertiary/aromatic N) is 2. The number of carbonyl (C=O) groups excluding carboxylic acids is 2. The van der Waals surface area contributed by atoms with E-state index in [0.29, 0.717) is 6.54 Å². The fourth-order valence-electron chi connectivity index (χ4n) is 2.22. The summed E-state index contributed by atoms with van der Waals surface area (Å²) in [6.45, 7) is 0.391. The Kier molecular flexibility index (Phi) is 3.74. The smallest absolute Gasteiger partial charge is 0.311 e. The zero-order chi connectivity index (χ0) is 14.0. The highest BCUT2D eigenvalue weighted by Gasteiger charge is 2.35. The SMILES string of the molecule is COC(=O)C1CC(=O)N(c2cccc(N(C)C)c2)C1. The fourth-order valence-corrected chi connectivity index (χ4v) is 2.22. The number of carbonyl (C=O) groups is 2. The van der Waals surface area contributed by atoms with E-state index < -0.39 is 0 Å². The van der Waals surface area contributed by atoms with Crippen LogP contribution in [0.2, 0.25) is 0 Å². The molecule has 1 unspecified atom stereocenters. The van der Waals surface area contributed by atoms with E-state index in [9.17, 15) is 9.59 Å². The molecule has 0 saturated carbocycles. The zero-order valence-corrected chi connectivity index (χ0v) is 11.4. The Morgan fingerprint density at radius 1 is 1.42 bits per heavy atom. The summed E-state index contributed by atoms with van der Waals surface area (Å²) in [6.07, 6.45) is 0.221. The third-order valence-electron chi connectivity index (χ3n) is 3.32. The van der Waals surface area contributed by atoms with Crippen molar-refractivity contribution in [3.8, 4) is 0 Å². The molecule has 0 radical (unpaired) electrons. The number of hydrogen-bond acceptors (Lipinski definition) is 4. The molecule has 1 fully saturated rings. The Labute approximate surface area is 112 Å². The lowest BCUT2D eigenvalue weighted by Crippen LogP contribution is -2.26. The molecular formula is C14H18N2O3. The van der Waals surface area contributed by atoms with Gasteiger partial charge in [-0.3, -0.25) is 9.59 Å². The fraction of sp³-hybridized carbons (Fsp3) is 0.429. The van der Waals surface area contributed by atoms with Crippen molar-refractivity contribution >= 4 is 23.3 Å². The van der Waals surface area contributed by atoms with Crippen LogP contribution in [-0.4, -0.2) is 39.6 Å². The minimum Gasteiger partial charge on any atom is -0.469 e. The maximum Gasteiger partial charge on any atom is 0.311 e. The van der Waals surface area contributed by atoms with Gasteiger partial charge in [-0.05, 0) is 18.2 Å². The lowest BCUT2D eigenvalue weighted by molar-refractivity contribution is -0.145. The Balaban J connectivity index is 2.20. The van der Waals surface area contributed by atoms with Gasteiger partial charge >= 0.3 is 5.97 Å². The van der Waals surface area contributed by atoms with Gasteiger partial charge in [0.05, 0.1) is 13.0 Å². The van der Waals surface area contributed by atoms with Gasteiger partial charge in [0.1, 0.15) is 0 Å². The summed E-state index contributed by atoms with van der Waals surface area (Å²) in [7, 11) is 5.24. The summed E-state index contributed by atoms with van der Waals surface area (Å²) < 4.78 is 4.70.